The van der Waals surface area contributed by atoms with Crippen molar-refractivity contribution in [3.8, 4) is 0 Å². The molecule has 0 bridgehead atoms. The summed E-state index contributed by atoms with van der Waals surface area (Å²) in [6.07, 6.45) is 3.26. The number of rotatable bonds is 3. The smallest absolute Gasteiger partial charge is 0.236 e. The molecule has 1 aliphatic heterocycles. The van der Waals surface area contributed by atoms with Crippen LogP contribution >= 0.6 is 0 Å². The van der Waals surface area contributed by atoms with Crippen LogP contribution in [0.25, 0.3) is 0 Å². The van der Waals surface area contributed by atoms with Crippen LogP contribution in [0.4, 0.5) is 5.69 Å². The maximum atomic E-state index is 12.2. The Labute approximate surface area is 119 Å². The molecule has 0 saturated carbocycles. The van der Waals surface area contributed by atoms with Crippen LogP contribution in [0.15, 0.2) is 30.5 Å². The van der Waals surface area contributed by atoms with Gasteiger partial charge in [-0.2, -0.15) is 0 Å². The highest BCUT2D eigenvalue weighted by Crippen LogP contribution is 2.41. The fourth-order valence-corrected chi connectivity index (χ4v) is 2.44. The zero-order valence-electron chi connectivity index (χ0n) is 12.6. The lowest BCUT2D eigenvalue weighted by Crippen LogP contribution is -2.33. The Bertz CT molecular complexity index is 600. The predicted molar refractivity (Wildman–Crippen MR) is 80.0 cm³/mol. The lowest BCUT2D eigenvalue weighted by atomic mass is 9.85. The number of nitrogens with zero attached hydrogens (tertiary/aromatic N) is 2. The predicted octanol–water partition coefficient (Wildman–Crippen LogP) is 2.20. The fourth-order valence-electron chi connectivity index (χ4n) is 2.44. The van der Waals surface area contributed by atoms with E-state index in [4.69, 9.17) is 0 Å². The van der Waals surface area contributed by atoms with Gasteiger partial charge in [-0.1, -0.05) is 0 Å². The first-order valence-corrected chi connectivity index (χ1v) is 6.57. The van der Waals surface area contributed by atoms with Crippen LogP contribution in [0.1, 0.15) is 29.8 Å². The summed E-state index contributed by atoms with van der Waals surface area (Å²) >= 11 is 0. The third-order valence-corrected chi connectivity index (χ3v) is 3.68. The van der Waals surface area contributed by atoms with Crippen LogP contribution in [-0.2, 0) is 10.2 Å². The van der Waals surface area contributed by atoms with Crippen molar-refractivity contribution in [2.24, 2.45) is 0 Å². The van der Waals surface area contributed by atoms with E-state index >= 15 is 0 Å². The minimum Gasteiger partial charge on any atom is -0.383 e. The molecule has 1 amide bonds. The zero-order valence-corrected chi connectivity index (χ0v) is 12.6. The number of carbonyl (C=O) groups is 2. The summed E-state index contributed by atoms with van der Waals surface area (Å²) in [5, 5.41) is 0. The Kier molecular flexibility index (Phi) is 3.42. The maximum Gasteiger partial charge on any atom is 0.236 e. The van der Waals surface area contributed by atoms with Gasteiger partial charge in [0.2, 0.25) is 5.91 Å². The Hall–Kier alpha value is -2.10. The summed E-state index contributed by atoms with van der Waals surface area (Å²) in [5.74, 6) is 0.000217. The topological polar surface area (TPSA) is 40.6 Å². The molecule has 0 fully saturated rings. The molecule has 1 aliphatic rings. The highest BCUT2D eigenvalue weighted by Gasteiger charge is 2.42. The lowest BCUT2D eigenvalue weighted by molar-refractivity contribution is -0.121. The van der Waals surface area contributed by atoms with Crippen LogP contribution in [0.3, 0.4) is 0 Å². The van der Waals surface area contributed by atoms with E-state index in [0.29, 0.717) is 5.56 Å². The van der Waals surface area contributed by atoms with E-state index in [-0.39, 0.29) is 11.7 Å². The Balaban J connectivity index is 2.41. The molecular formula is C16H20N2O2. The molecule has 1 aromatic carbocycles. The van der Waals surface area contributed by atoms with Crippen molar-refractivity contribution in [1.29, 1.82) is 0 Å². The summed E-state index contributed by atoms with van der Waals surface area (Å²) in [4.78, 5) is 27.8. The molecule has 4 heteroatoms. The molecule has 0 N–H and O–H groups in total. The van der Waals surface area contributed by atoms with Crippen molar-refractivity contribution in [3.63, 3.8) is 0 Å². The number of likely N-dealkylation sites (N-methyl/N-ethyl adjacent to an activating group) is 1. The molecule has 1 aromatic rings. The van der Waals surface area contributed by atoms with Gasteiger partial charge in [-0.25, -0.2) is 0 Å². The van der Waals surface area contributed by atoms with Gasteiger partial charge >= 0.3 is 0 Å². The van der Waals surface area contributed by atoms with Crippen LogP contribution in [0.2, 0.25) is 0 Å². The van der Waals surface area contributed by atoms with Gasteiger partial charge in [0.05, 0.1) is 5.41 Å². The second-order valence-corrected chi connectivity index (χ2v) is 5.86. The quantitative estimate of drug-likeness (QED) is 0.625. The number of hydrogen-bond donors (Lipinski definition) is 0. The van der Waals surface area contributed by atoms with Gasteiger partial charge in [-0.05, 0) is 37.6 Å². The van der Waals surface area contributed by atoms with Crippen molar-refractivity contribution in [3.05, 3.63) is 41.6 Å². The summed E-state index contributed by atoms with van der Waals surface area (Å²) in [6, 6.07) is 5.45. The average Bonchev–Trinajstić information content (AvgIpc) is 2.57. The highest BCUT2D eigenvalue weighted by atomic mass is 16.2. The zero-order chi connectivity index (χ0) is 15.1. The first-order valence-electron chi connectivity index (χ1n) is 6.57. The van der Waals surface area contributed by atoms with Gasteiger partial charge in [0.15, 0.2) is 5.78 Å². The molecule has 20 heavy (non-hydrogen) atoms. The average molecular weight is 272 g/mol. The number of ketones is 1. The molecule has 0 saturated heterocycles. The van der Waals surface area contributed by atoms with Crippen molar-refractivity contribution < 1.29 is 9.59 Å². The van der Waals surface area contributed by atoms with E-state index in [0.717, 1.165) is 11.3 Å². The summed E-state index contributed by atoms with van der Waals surface area (Å²) < 4.78 is 0. The molecule has 0 atom stereocenters. The molecule has 0 aliphatic carbocycles. The third kappa shape index (κ3) is 2.22. The number of anilines is 1. The van der Waals surface area contributed by atoms with Gasteiger partial charge < -0.3 is 9.80 Å². The van der Waals surface area contributed by atoms with E-state index < -0.39 is 5.41 Å². The van der Waals surface area contributed by atoms with E-state index in [9.17, 15) is 9.59 Å². The first kappa shape index (κ1) is 14.3. The normalized spacial score (nSPS) is 16.6. The summed E-state index contributed by atoms with van der Waals surface area (Å²) in [7, 11) is 5.50. The maximum absolute atomic E-state index is 12.2. The molecule has 2 rings (SSSR count). The van der Waals surface area contributed by atoms with Gasteiger partial charge in [-0.3, -0.25) is 9.59 Å². The molecule has 0 unspecified atom stereocenters. The lowest BCUT2D eigenvalue weighted by Gasteiger charge is -2.16. The second kappa shape index (κ2) is 4.78. The van der Waals surface area contributed by atoms with Crippen LogP contribution in [0, 0.1) is 0 Å². The molecule has 1 heterocycles. The standard InChI is InChI=1S/C16H20N2O2/c1-16(2)12-10-11(14(19)8-9-17(3)4)6-7-13(12)18(5)15(16)20/h6-10H,1-5H3/b9-8+. The SMILES string of the molecule is CN(C)/C=C/C(=O)c1ccc2c(c1)C(C)(C)C(=O)N2C. The number of hydrogen-bond acceptors (Lipinski definition) is 3. The number of benzene rings is 1. The Morgan fingerprint density at radius 3 is 2.55 bits per heavy atom. The first-order chi connectivity index (χ1) is 9.25. The minimum absolute atomic E-state index is 0.0562. The molecule has 4 nitrogen and oxygen atoms in total. The van der Waals surface area contributed by atoms with Crippen LogP contribution in [0.5, 0.6) is 0 Å². The summed E-state index contributed by atoms with van der Waals surface area (Å²) in [6.45, 7) is 3.78. The van der Waals surface area contributed by atoms with Crippen molar-refractivity contribution in [2.45, 2.75) is 19.3 Å². The highest BCUT2D eigenvalue weighted by molar-refractivity contribution is 6.10. The minimum atomic E-state index is -0.578. The van der Waals surface area contributed by atoms with Crippen molar-refractivity contribution >= 4 is 17.4 Å². The van der Waals surface area contributed by atoms with Crippen molar-refractivity contribution in [1.82, 2.24) is 4.90 Å². The third-order valence-electron chi connectivity index (χ3n) is 3.68. The monoisotopic (exact) mass is 272 g/mol. The number of allylic oxidation sites excluding steroid dienone is 1. The largest absolute Gasteiger partial charge is 0.383 e. The van der Waals surface area contributed by atoms with Crippen LogP contribution in [-0.4, -0.2) is 37.7 Å². The Morgan fingerprint density at radius 1 is 1.30 bits per heavy atom. The molecular weight excluding hydrogens is 252 g/mol. The van der Waals surface area contributed by atoms with Gasteiger partial charge in [0, 0.05) is 44.7 Å². The van der Waals surface area contributed by atoms with Crippen LogP contribution < -0.4 is 4.90 Å². The van der Waals surface area contributed by atoms with E-state index in [1.807, 2.05) is 45.0 Å². The van der Waals surface area contributed by atoms with Gasteiger partial charge in [0.25, 0.3) is 0 Å². The number of amides is 1. The van der Waals surface area contributed by atoms with Crippen molar-refractivity contribution in [2.75, 3.05) is 26.0 Å². The van der Waals surface area contributed by atoms with E-state index in [1.54, 1.807) is 24.2 Å². The molecule has 0 radical (unpaired) electrons. The number of carbonyl (C=O) groups excluding carboxylic acids is 2. The van der Waals surface area contributed by atoms with Gasteiger partial charge in [0.1, 0.15) is 0 Å². The Morgan fingerprint density at radius 2 is 1.95 bits per heavy atom. The molecule has 0 spiro atoms. The van der Waals surface area contributed by atoms with Gasteiger partial charge in [-0.15, -0.1) is 0 Å². The second-order valence-electron chi connectivity index (χ2n) is 5.86. The fraction of sp³-hybridized carbons (Fsp3) is 0.375. The summed E-state index contributed by atoms with van der Waals surface area (Å²) in [5.41, 5.74) is 1.83. The number of fused-ring (bicyclic) bond motifs is 1. The molecule has 0 aromatic heterocycles. The molecule has 106 valence electrons. The van der Waals surface area contributed by atoms with E-state index in [1.165, 1.54) is 6.08 Å². The van der Waals surface area contributed by atoms with E-state index in [2.05, 4.69) is 0 Å².